The van der Waals surface area contributed by atoms with Crippen molar-refractivity contribution in [3.63, 3.8) is 0 Å². The number of carboxylic acid groups (broad SMARTS) is 1. The number of carbonyl (C=O) groups excluding carboxylic acids is 1. The molecule has 0 fully saturated rings. The molecular weight excluding hydrogens is 245 g/mol. The molecule has 0 unspecified atom stereocenters. The molecule has 0 heterocycles. The van der Waals surface area contributed by atoms with E-state index in [9.17, 15) is 9.59 Å². The van der Waals surface area contributed by atoms with E-state index in [4.69, 9.17) is 9.84 Å². The SMILES string of the molecule is CC(C)[C@H](NC(=O)Oc1ccccc1)C(=O)O.[NaH]. The summed E-state index contributed by atoms with van der Waals surface area (Å²) in [5.41, 5.74) is 0. The first-order valence-corrected chi connectivity index (χ1v) is 5.27. The first-order chi connectivity index (χ1) is 8.00. The summed E-state index contributed by atoms with van der Waals surface area (Å²) in [5.74, 6) is -0.918. The minimum atomic E-state index is -1.08. The molecule has 0 aliphatic carbocycles. The molecule has 1 rings (SSSR count). The van der Waals surface area contributed by atoms with Crippen LogP contribution >= 0.6 is 0 Å². The quantitative estimate of drug-likeness (QED) is 0.799. The third kappa shape index (κ3) is 5.53. The van der Waals surface area contributed by atoms with E-state index in [0.717, 1.165) is 0 Å². The third-order valence-corrected chi connectivity index (χ3v) is 2.16. The van der Waals surface area contributed by atoms with Crippen LogP contribution in [0.15, 0.2) is 30.3 Å². The van der Waals surface area contributed by atoms with Crippen LogP contribution in [0, 0.1) is 5.92 Å². The molecule has 0 aliphatic heterocycles. The zero-order valence-corrected chi connectivity index (χ0v) is 9.71. The van der Waals surface area contributed by atoms with Gasteiger partial charge in [-0.1, -0.05) is 32.0 Å². The van der Waals surface area contributed by atoms with E-state index in [0.29, 0.717) is 5.75 Å². The van der Waals surface area contributed by atoms with Crippen LogP contribution in [-0.2, 0) is 4.79 Å². The van der Waals surface area contributed by atoms with Crippen molar-refractivity contribution in [2.45, 2.75) is 19.9 Å². The molecule has 1 aromatic carbocycles. The molecule has 0 saturated carbocycles. The van der Waals surface area contributed by atoms with Gasteiger partial charge in [-0.2, -0.15) is 0 Å². The van der Waals surface area contributed by atoms with Gasteiger partial charge in [0.25, 0.3) is 0 Å². The summed E-state index contributed by atoms with van der Waals surface area (Å²) in [7, 11) is 0. The van der Waals surface area contributed by atoms with E-state index in [-0.39, 0.29) is 35.5 Å². The maximum atomic E-state index is 11.4. The second-order valence-corrected chi connectivity index (χ2v) is 3.91. The standard InChI is InChI=1S/C12H15NO4.Na.H/c1-8(2)10(11(14)15)13-12(16)17-9-6-4-3-5-7-9;;/h3-8,10H,1-2H3,(H,13,16)(H,14,15);;/t10-;;/m0../s1. The number of hydrogen-bond donors (Lipinski definition) is 2. The van der Waals surface area contributed by atoms with Gasteiger partial charge in [0, 0.05) is 0 Å². The number of para-hydroxylation sites is 1. The molecule has 5 nitrogen and oxygen atoms in total. The number of rotatable bonds is 4. The van der Waals surface area contributed by atoms with E-state index in [1.54, 1.807) is 44.2 Å². The van der Waals surface area contributed by atoms with E-state index < -0.39 is 18.1 Å². The summed E-state index contributed by atoms with van der Waals surface area (Å²) in [4.78, 5) is 22.3. The van der Waals surface area contributed by atoms with Gasteiger partial charge in [-0.3, -0.25) is 0 Å². The summed E-state index contributed by atoms with van der Waals surface area (Å²) in [6.07, 6.45) is -0.766. The fraction of sp³-hybridized carbons (Fsp3) is 0.333. The normalized spacial score (nSPS) is 11.3. The molecule has 0 aliphatic rings. The molecule has 0 saturated heterocycles. The monoisotopic (exact) mass is 261 g/mol. The van der Waals surface area contributed by atoms with Gasteiger partial charge >= 0.3 is 41.6 Å². The van der Waals surface area contributed by atoms with Crippen molar-refractivity contribution in [3.05, 3.63) is 30.3 Å². The number of carbonyl (C=O) groups is 2. The van der Waals surface area contributed by atoms with Gasteiger partial charge in [-0.15, -0.1) is 0 Å². The molecule has 94 valence electrons. The van der Waals surface area contributed by atoms with Crippen LogP contribution in [0.5, 0.6) is 5.75 Å². The topological polar surface area (TPSA) is 75.6 Å². The Morgan fingerprint density at radius 1 is 1.22 bits per heavy atom. The van der Waals surface area contributed by atoms with Gasteiger partial charge in [0.1, 0.15) is 11.8 Å². The predicted molar refractivity (Wildman–Crippen MR) is 69.0 cm³/mol. The van der Waals surface area contributed by atoms with E-state index >= 15 is 0 Å². The fourth-order valence-corrected chi connectivity index (χ4v) is 1.27. The first-order valence-electron chi connectivity index (χ1n) is 5.27. The Kier molecular flexibility index (Phi) is 7.66. The Morgan fingerprint density at radius 3 is 2.22 bits per heavy atom. The number of carboxylic acids is 1. The van der Waals surface area contributed by atoms with Gasteiger partial charge in [0.2, 0.25) is 0 Å². The van der Waals surface area contributed by atoms with Crippen LogP contribution in [0.1, 0.15) is 13.8 Å². The number of amides is 1. The summed E-state index contributed by atoms with van der Waals surface area (Å²) in [6, 6.07) is 7.51. The second kappa shape index (κ2) is 8.13. The van der Waals surface area contributed by atoms with Gasteiger partial charge in [0.05, 0.1) is 0 Å². The molecule has 18 heavy (non-hydrogen) atoms. The Balaban J connectivity index is 0.00000289. The van der Waals surface area contributed by atoms with Crippen molar-refractivity contribution < 1.29 is 19.4 Å². The Bertz CT molecular complexity index is 394. The Labute approximate surface area is 128 Å². The number of benzene rings is 1. The van der Waals surface area contributed by atoms with Crippen LogP contribution in [-0.4, -0.2) is 52.8 Å². The molecule has 2 N–H and O–H groups in total. The number of aliphatic carboxylic acids is 1. The molecule has 0 bridgehead atoms. The van der Waals surface area contributed by atoms with E-state index in [1.807, 2.05) is 0 Å². The summed E-state index contributed by atoms with van der Waals surface area (Å²) < 4.78 is 4.93. The van der Waals surface area contributed by atoms with E-state index in [2.05, 4.69) is 5.32 Å². The Hall–Kier alpha value is -1.04. The Morgan fingerprint density at radius 2 is 1.78 bits per heavy atom. The fourth-order valence-electron chi connectivity index (χ4n) is 1.27. The molecule has 6 heteroatoms. The minimum absolute atomic E-state index is 0. The first kappa shape index (κ1) is 17.0. The average Bonchev–Trinajstić information content (AvgIpc) is 2.26. The number of nitrogens with one attached hydrogen (secondary N) is 1. The summed E-state index contributed by atoms with van der Waals surface area (Å²) >= 11 is 0. The van der Waals surface area contributed by atoms with Crippen molar-refractivity contribution >= 4 is 41.6 Å². The van der Waals surface area contributed by atoms with Crippen LogP contribution in [0.25, 0.3) is 0 Å². The number of hydrogen-bond acceptors (Lipinski definition) is 3. The van der Waals surface area contributed by atoms with Crippen molar-refractivity contribution in [1.82, 2.24) is 5.32 Å². The van der Waals surface area contributed by atoms with Gasteiger partial charge in [-0.25, -0.2) is 9.59 Å². The number of ether oxygens (including phenoxy) is 1. The van der Waals surface area contributed by atoms with Crippen molar-refractivity contribution in [2.24, 2.45) is 5.92 Å². The van der Waals surface area contributed by atoms with Crippen LogP contribution in [0.2, 0.25) is 0 Å². The summed E-state index contributed by atoms with van der Waals surface area (Å²) in [5, 5.41) is 11.2. The van der Waals surface area contributed by atoms with Gasteiger partial charge in [0.15, 0.2) is 0 Å². The molecular formula is C12H16NNaO4. The third-order valence-electron chi connectivity index (χ3n) is 2.16. The molecule has 0 spiro atoms. The van der Waals surface area contributed by atoms with Gasteiger partial charge < -0.3 is 15.2 Å². The zero-order valence-electron chi connectivity index (χ0n) is 9.71. The average molecular weight is 261 g/mol. The zero-order chi connectivity index (χ0) is 12.8. The summed E-state index contributed by atoms with van der Waals surface area (Å²) in [6.45, 7) is 3.42. The van der Waals surface area contributed by atoms with Crippen molar-refractivity contribution in [1.29, 1.82) is 0 Å². The van der Waals surface area contributed by atoms with Gasteiger partial charge in [-0.05, 0) is 18.1 Å². The van der Waals surface area contributed by atoms with Crippen LogP contribution in [0.4, 0.5) is 4.79 Å². The molecule has 1 aromatic rings. The predicted octanol–water partition coefficient (Wildman–Crippen LogP) is 1.24. The molecule has 1 amide bonds. The maximum absolute atomic E-state index is 11.4. The van der Waals surface area contributed by atoms with E-state index in [1.165, 1.54) is 0 Å². The van der Waals surface area contributed by atoms with Crippen LogP contribution < -0.4 is 10.1 Å². The molecule has 0 radical (unpaired) electrons. The van der Waals surface area contributed by atoms with Crippen LogP contribution in [0.3, 0.4) is 0 Å². The van der Waals surface area contributed by atoms with Crippen molar-refractivity contribution in [3.8, 4) is 5.75 Å². The molecule has 1 atom stereocenters. The van der Waals surface area contributed by atoms with Crippen molar-refractivity contribution in [2.75, 3.05) is 0 Å². The second-order valence-electron chi connectivity index (χ2n) is 3.91. The molecule has 0 aromatic heterocycles.